The molecule has 6 nitrogen and oxygen atoms in total. The van der Waals surface area contributed by atoms with Crippen molar-refractivity contribution in [2.45, 2.75) is 70.8 Å². The van der Waals surface area contributed by atoms with Crippen LogP contribution in [0, 0.1) is 5.92 Å². The van der Waals surface area contributed by atoms with Crippen LogP contribution in [-0.4, -0.2) is 33.1 Å². The number of carbonyl (C=O) groups is 2. The summed E-state index contributed by atoms with van der Waals surface area (Å²) in [5, 5.41) is 0.624. The van der Waals surface area contributed by atoms with Gasteiger partial charge >= 0.3 is 0 Å². The summed E-state index contributed by atoms with van der Waals surface area (Å²) in [6.45, 7) is 2.85. The van der Waals surface area contributed by atoms with Gasteiger partial charge in [-0.3, -0.25) is 14.4 Å². The van der Waals surface area contributed by atoms with Gasteiger partial charge in [-0.05, 0) is 55.4 Å². The maximum Gasteiger partial charge on any atom is 0.258 e. The molecule has 2 unspecified atom stereocenters. The predicted octanol–water partition coefficient (Wildman–Crippen LogP) is 6.84. The fourth-order valence-electron chi connectivity index (χ4n) is 6.00. The number of nitrogens with zero attached hydrogens (tertiary/aromatic N) is 2. The Bertz CT molecular complexity index is 1530. The minimum Gasteiger partial charge on any atom is -0.338 e. The number of rotatable bonds is 8. The molecule has 41 heavy (non-hydrogen) atoms. The minimum absolute atomic E-state index is 0.0160. The van der Waals surface area contributed by atoms with Crippen LogP contribution in [0.4, 0.5) is 0 Å². The Balaban J connectivity index is 1.17. The van der Waals surface area contributed by atoms with Gasteiger partial charge in [0.1, 0.15) is 5.82 Å². The van der Waals surface area contributed by atoms with Gasteiger partial charge in [-0.2, -0.15) is 0 Å². The first-order chi connectivity index (χ1) is 20.0. The first kappa shape index (κ1) is 28.5. The van der Waals surface area contributed by atoms with Crippen LogP contribution in [0.2, 0.25) is 0 Å². The SMILES string of the molecule is CC(=O)N(CCc1ccc(C(=O)C2CCCCC(c3nc4ccccc4c(=O)[nH]3)CCC2)cc1)Cc1ccccc1. The summed E-state index contributed by atoms with van der Waals surface area (Å²) in [6, 6.07) is 25.5. The molecule has 4 aromatic rings. The lowest BCUT2D eigenvalue weighted by atomic mass is 9.88. The third-order valence-electron chi connectivity index (χ3n) is 8.42. The van der Waals surface area contributed by atoms with Crippen LogP contribution in [0.15, 0.2) is 83.7 Å². The van der Waals surface area contributed by atoms with Crippen molar-refractivity contribution in [1.29, 1.82) is 0 Å². The number of benzene rings is 3. The van der Waals surface area contributed by atoms with Crippen LogP contribution in [0.1, 0.15) is 85.1 Å². The molecule has 0 spiro atoms. The quantitative estimate of drug-likeness (QED) is 0.244. The first-order valence-corrected chi connectivity index (χ1v) is 14.9. The van der Waals surface area contributed by atoms with Crippen LogP contribution < -0.4 is 5.56 Å². The summed E-state index contributed by atoms with van der Waals surface area (Å²) in [6.07, 6.45) is 7.31. The van der Waals surface area contributed by atoms with Crippen molar-refractivity contribution in [3.8, 4) is 0 Å². The first-order valence-electron chi connectivity index (χ1n) is 14.9. The maximum atomic E-state index is 13.5. The van der Waals surface area contributed by atoms with E-state index in [1.54, 1.807) is 6.92 Å². The molecule has 0 aliphatic heterocycles. The molecule has 3 aromatic carbocycles. The molecule has 6 heteroatoms. The third-order valence-corrected chi connectivity index (χ3v) is 8.42. The Labute approximate surface area is 241 Å². The zero-order valence-electron chi connectivity index (χ0n) is 23.9. The Morgan fingerprint density at radius 1 is 0.829 bits per heavy atom. The zero-order chi connectivity index (χ0) is 28.6. The van der Waals surface area contributed by atoms with E-state index < -0.39 is 0 Å². The van der Waals surface area contributed by atoms with E-state index >= 15 is 0 Å². The number of H-pyrrole nitrogens is 1. The molecule has 0 bridgehead atoms. The summed E-state index contributed by atoms with van der Waals surface area (Å²) in [7, 11) is 0. The highest BCUT2D eigenvalue weighted by Crippen LogP contribution is 2.32. The van der Waals surface area contributed by atoms with Crippen molar-refractivity contribution in [1.82, 2.24) is 14.9 Å². The second-order valence-corrected chi connectivity index (χ2v) is 11.3. The number of hydrogen-bond acceptors (Lipinski definition) is 4. The molecular weight excluding hydrogens is 510 g/mol. The van der Waals surface area contributed by atoms with Crippen molar-refractivity contribution in [3.63, 3.8) is 0 Å². The fourth-order valence-corrected chi connectivity index (χ4v) is 6.00. The van der Waals surface area contributed by atoms with Gasteiger partial charge in [0.15, 0.2) is 5.78 Å². The topological polar surface area (TPSA) is 83.1 Å². The maximum absolute atomic E-state index is 13.5. The molecule has 1 saturated carbocycles. The van der Waals surface area contributed by atoms with E-state index in [2.05, 4.69) is 4.98 Å². The number of Topliss-reactive ketones (excluding diaryl/α,β-unsaturated/α-hetero) is 1. The molecule has 0 saturated heterocycles. The summed E-state index contributed by atoms with van der Waals surface area (Å²) in [5.41, 5.74) is 3.67. The van der Waals surface area contributed by atoms with Gasteiger partial charge in [-0.25, -0.2) is 4.98 Å². The van der Waals surface area contributed by atoms with E-state index in [0.29, 0.717) is 18.5 Å². The summed E-state index contributed by atoms with van der Waals surface area (Å²) in [4.78, 5) is 48.0. The van der Waals surface area contributed by atoms with Crippen LogP contribution in [-0.2, 0) is 17.8 Å². The lowest BCUT2D eigenvalue weighted by Gasteiger charge is -2.21. The standard InChI is InChI=1S/C35H39N3O3/c1-25(39)38(24-27-10-3-2-4-11-27)23-22-26-18-20-29(21-19-26)33(40)28-12-5-6-13-30(15-9-14-28)34-36-32-17-8-7-16-31(32)35(41)37-34/h2-4,7-8,10-11,16-21,28,30H,5-6,9,12-15,22-24H2,1H3,(H,36,37,41). The largest absolute Gasteiger partial charge is 0.338 e. The summed E-state index contributed by atoms with van der Waals surface area (Å²) >= 11 is 0. The molecule has 0 radical (unpaired) electrons. The van der Waals surface area contributed by atoms with Crippen molar-refractivity contribution in [2.75, 3.05) is 6.54 Å². The number of nitrogens with one attached hydrogen (secondary N) is 1. The molecule has 212 valence electrons. The van der Waals surface area contributed by atoms with Gasteiger partial charge in [0.2, 0.25) is 5.91 Å². The van der Waals surface area contributed by atoms with Gasteiger partial charge in [-0.15, -0.1) is 0 Å². The van der Waals surface area contributed by atoms with Crippen LogP contribution in [0.25, 0.3) is 10.9 Å². The van der Waals surface area contributed by atoms with E-state index in [0.717, 1.165) is 79.4 Å². The highest BCUT2D eigenvalue weighted by molar-refractivity contribution is 5.97. The highest BCUT2D eigenvalue weighted by atomic mass is 16.2. The molecule has 1 N–H and O–H groups in total. The lowest BCUT2D eigenvalue weighted by Crippen LogP contribution is -2.30. The Morgan fingerprint density at radius 3 is 2.29 bits per heavy atom. The minimum atomic E-state index is -0.0767. The van der Waals surface area contributed by atoms with E-state index in [-0.39, 0.29) is 29.1 Å². The number of ketones is 1. The van der Waals surface area contributed by atoms with E-state index in [1.807, 2.05) is 83.8 Å². The summed E-state index contributed by atoms with van der Waals surface area (Å²) < 4.78 is 0. The molecule has 1 fully saturated rings. The molecule has 1 amide bonds. The number of fused-ring (bicyclic) bond motifs is 1. The number of aromatic amines is 1. The Morgan fingerprint density at radius 2 is 1.51 bits per heavy atom. The van der Waals surface area contributed by atoms with Gasteiger partial charge in [0, 0.05) is 37.4 Å². The van der Waals surface area contributed by atoms with Gasteiger partial charge < -0.3 is 9.88 Å². The number of hydrogen-bond donors (Lipinski definition) is 1. The van der Waals surface area contributed by atoms with Crippen LogP contribution in [0.3, 0.4) is 0 Å². The molecular formula is C35H39N3O3. The van der Waals surface area contributed by atoms with Gasteiger partial charge in [0.05, 0.1) is 10.9 Å². The number of amides is 1. The van der Waals surface area contributed by atoms with Crippen molar-refractivity contribution in [2.24, 2.45) is 5.92 Å². The molecule has 1 aliphatic carbocycles. The van der Waals surface area contributed by atoms with Gasteiger partial charge in [-0.1, -0.05) is 86.0 Å². The van der Waals surface area contributed by atoms with E-state index in [9.17, 15) is 14.4 Å². The van der Waals surface area contributed by atoms with Crippen LogP contribution in [0.5, 0.6) is 0 Å². The lowest BCUT2D eigenvalue weighted by molar-refractivity contribution is -0.129. The molecule has 2 atom stereocenters. The molecule has 1 aliphatic rings. The number of aromatic nitrogens is 2. The molecule has 1 heterocycles. The molecule has 5 rings (SSSR count). The predicted molar refractivity (Wildman–Crippen MR) is 163 cm³/mol. The van der Waals surface area contributed by atoms with Gasteiger partial charge in [0.25, 0.3) is 5.56 Å². The average molecular weight is 550 g/mol. The number of para-hydroxylation sites is 1. The van der Waals surface area contributed by atoms with Crippen molar-refractivity contribution in [3.05, 3.63) is 112 Å². The second kappa shape index (κ2) is 13.5. The Kier molecular flexibility index (Phi) is 9.40. The van der Waals surface area contributed by atoms with E-state index in [1.165, 1.54) is 0 Å². The van der Waals surface area contributed by atoms with Crippen molar-refractivity contribution < 1.29 is 9.59 Å². The Hall–Kier alpha value is -4.06. The summed E-state index contributed by atoms with van der Waals surface area (Å²) in [5.74, 6) is 1.29. The van der Waals surface area contributed by atoms with Crippen LogP contribution >= 0.6 is 0 Å². The normalized spacial score (nSPS) is 17.8. The monoisotopic (exact) mass is 549 g/mol. The highest BCUT2D eigenvalue weighted by Gasteiger charge is 2.24. The fraction of sp³-hybridized carbons (Fsp3) is 0.371. The second-order valence-electron chi connectivity index (χ2n) is 11.3. The van der Waals surface area contributed by atoms with E-state index in [4.69, 9.17) is 4.98 Å². The smallest absolute Gasteiger partial charge is 0.258 e. The third kappa shape index (κ3) is 7.37. The average Bonchev–Trinajstić information content (AvgIpc) is 3.12. The number of carbonyl (C=O) groups excluding carboxylic acids is 2. The zero-order valence-corrected chi connectivity index (χ0v) is 23.9. The molecule has 1 aromatic heterocycles. The van der Waals surface area contributed by atoms with Crippen molar-refractivity contribution >= 4 is 22.6 Å².